The lowest BCUT2D eigenvalue weighted by atomic mass is 10.1. The maximum Gasteiger partial charge on any atom is 0.257 e. The van der Waals surface area contributed by atoms with Crippen LogP contribution in [0.15, 0.2) is 60.9 Å². The van der Waals surface area contributed by atoms with Crippen LogP contribution < -0.4 is 10.6 Å². The predicted octanol–water partition coefficient (Wildman–Crippen LogP) is 4.19. The van der Waals surface area contributed by atoms with Crippen LogP contribution in [0.25, 0.3) is 0 Å². The van der Waals surface area contributed by atoms with Gasteiger partial charge in [0.1, 0.15) is 0 Å². The maximum absolute atomic E-state index is 12.5. The van der Waals surface area contributed by atoms with Gasteiger partial charge in [-0.2, -0.15) is 0 Å². The Labute approximate surface area is 164 Å². The van der Waals surface area contributed by atoms with Gasteiger partial charge in [0, 0.05) is 24.6 Å². The van der Waals surface area contributed by atoms with Crippen LogP contribution in [0, 0.1) is 20.8 Å². The van der Waals surface area contributed by atoms with E-state index in [1.807, 2.05) is 63.2 Å². The number of carbonyl (C=O) groups excluding carboxylic acids is 2. The summed E-state index contributed by atoms with van der Waals surface area (Å²) in [7, 11) is 0. The minimum Gasteiger partial charge on any atom is -0.348 e. The molecule has 5 heteroatoms. The van der Waals surface area contributed by atoms with Crippen LogP contribution in [0.3, 0.4) is 0 Å². The molecule has 0 atom stereocenters. The third-order valence-electron chi connectivity index (χ3n) is 4.56. The maximum atomic E-state index is 12.5. The molecule has 2 aromatic carbocycles. The molecule has 3 rings (SSSR count). The molecule has 28 heavy (non-hydrogen) atoms. The molecule has 1 aromatic heterocycles. The highest BCUT2D eigenvalue weighted by Crippen LogP contribution is 2.15. The molecule has 0 aliphatic rings. The van der Waals surface area contributed by atoms with E-state index >= 15 is 0 Å². The van der Waals surface area contributed by atoms with Gasteiger partial charge in [-0.1, -0.05) is 35.9 Å². The lowest BCUT2D eigenvalue weighted by Crippen LogP contribution is -2.23. The monoisotopic (exact) mass is 373 g/mol. The summed E-state index contributed by atoms with van der Waals surface area (Å²) in [6.45, 7) is 6.43. The number of rotatable bonds is 5. The van der Waals surface area contributed by atoms with Crippen LogP contribution in [-0.2, 0) is 6.54 Å². The third-order valence-corrected chi connectivity index (χ3v) is 4.56. The summed E-state index contributed by atoms with van der Waals surface area (Å²) in [5, 5.41) is 5.71. The standard InChI is InChI=1S/C23H23N3O2/c1-15-5-4-6-18(9-15)12-25-22(27)19-11-20(14-24-13-19)23(28)26-21-8-7-16(2)17(3)10-21/h4-11,13-14H,12H2,1-3H3,(H,25,27)(H,26,28). The molecular weight excluding hydrogens is 350 g/mol. The lowest BCUT2D eigenvalue weighted by Gasteiger charge is -2.09. The molecule has 1 heterocycles. The molecule has 2 N–H and O–H groups in total. The first-order valence-electron chi connectivity index (χ1n) is 9.10. The fourth-order valence-electron chi connectivity index (χ4n) is 2.82. The largest absolute Gasteiger partial charge is 0.348 e. The molecule has 0 aliphatic heterocycles. The molecule has 0 aliphatic carbocycles. The van der Waals surface area contributed by atoms with Crippen molar-refractivity contribution in [2.75, 3.05) is 5.32 Å². The van der Waals surface area contributed by atoms with Crippen molar-refractivity contribution in [2.24, 2.45) is 0 Å². The smallest absolute Gasteiger partial charge is 0.257 e. The lowest BCUT2D eigenvalue weighted by molar-refractivity contribution is 0.0950. The Balaban J connectivity index is 1.67. The fourth-order valence-corrected chi connectivity index (χ4v) is 2.82. The van der Waals surface area contributed by atoms with E-state index in [4.69, 9.17) is 0 Å². The van der Waals surface area contributed by atoms with Gasteiger partial charge >= 0.3 is 0 Å². The number of amides is 2. The second kappa shape index (κ2) is 8.48. The molecule has 0 spiro atoms. The van der Waals surface area contributed by atoms with Crippen LogP contribution in [0.1, 0.15) is 43.0 Å². The molecule has 0 unspecified atom stereocenters. The van der Waals surface area contributed by atoms with E-state index in [9.17, 15) is 9.59 Å². The Hall–Kier alpha value is -3.47. The van der Waals surface area contributed by atoms with E-state index in [1.54, 1.807) is 6.07 Å². The summed E-state index contributed by atoms with van der Waals surface area (Å²) in [5.74, 6) is -0.570. The highest BCUT2D eigenvalue weighted by Gasteiger charge is 2.12. The first-order valence-corrected chi connectivity index (χ1v) is 9.10. The Morgan fingerprint density at radius 3 is 2.32 bits per heavy atom. The Morgan fingerprint density at radius 1 is 0.857 bits per heavy atom. The van der Waals surface area contributed by atoms with E-state index in [0.29, 0.717) is 23.4 Å². The van der Waals surface area contributed by atoms with Gasteiger partial charge in [0.25, 0.3) is 11.8 Å². The molecule has 0 bridgehead atoms. The second-order valence-corrected chi connectivity index (χ2v) is 6.89. The predicted molar refractivity (Wildman–Crippen MR) is 110 cm³/mol. The number of aromatic nitrogens is 1. The third kappa shape index (κ3) is 4.82. The van der Waals surface area contributed by atoms with E-state index < -0.39 is 0 Å². The Bertz CT molecular complexity index is 1030. The van der Waals surface area contributed by atoms with Crippen molar-refractivity contribution in [1.29, 1.82) is 0 Å². The number of anilines is 1. The number of hydrogen-bond donors (Lipinski definition) is 2. The number of nitrogens with zero attached hydrogens (tertiary/aromatic N) is 1. The SMILES string of the molecule is Cc1cccc(CNC(=O)c2cncc(C(=O)Nc3ccc(C)c(C)c3)c2)c1. The van der Waals surface area contributed by atoms with Crippen molar-refractivity contribution in [3.8, 4) is 0 Å². The molecule has 2 amide bonds. The van der Waals surface area contributed by atoms with Gasteiger partial charge in [0.2, 0.25) is 0 Å². The van der Waals surface area contributed by atoms with Gasteiger partial charge in [-0.3, -0.25) is 14.6 Å². The van der Waals surface area contributed by atoms with Crippen LogP contribution >= 0.6 is 0 Å². The molecule has 142 valence electrons. The summed E-state index contributed by atoms with van der Waals surface area (Å²) in [5.41, 5.74) is 5.81. The molecule has 5 nitrogen and oxygen atoms in total. The van der Waals surface area contributed by atoms with Crippen molar-refractivity contribution in [3.63, 3.8) is 0 Å². The Kier molecular flexibility index (Phi) is 5.84. The van der Waals surface area contributed by atoms with Crippen molar-refractivity contribution < 1.29 is 9.59 Å². The topological polar surface area (TPSA) is 71.1 Å². The fraction of sp³-hybridized carbons (Fsp3) is 0.174. The highest BCUT2D eigenvalue weighted by molar-refractivity contribution is 6.05. The summed E-state index contributed by atoms with van der Waals surface area (Å²) in [6, 6.07) is 15.2. The van der Waals surface area contributed by atoms with Crippen molar-refractivity contribution in [2.45, 2.75) is 27.3 Å². The van der Waals surface area contributed by atoms with Gasteiger partial charge in [-0.15, -0.1) is 0 Å². The van der Waals surface area contributed by atoms with E-state index in [-0.39, 0.29) is 11.8 Å². The minimum atomic E-state index is -0.302. The second-order valence-electron chi connectivity index (χ2n) is 6.89. The van der Waals surface area contributed by atoms with Crippen LogP contribution in [-0.4, -0.2) is 16.8 Å². The van der Waals surface area contributed by atoms with Crippen molar-refractivity contribution >= 4 is 17.5 Å². The summed E-state index contributed by atoms with van der Waals surface area (Å²) in [6.07, 6.45) is 2.91. The van der Waals surface area contributed by atoms with E-state index in [2.05, 4.69) is 15.6 Å². The summed E-state index contributed by atoms with van der Waals surface area (Å²) >= 11 is 0. The van der Waals surface area contributed by atoms with Gasteiger partial charge in [-0.05, 0) is 55.7 Å². The molecule has 0 fully saturated rings. The zero-order valence-electron chi connectivity index (χ0n) is 16.2. The Morgan fingerprint density at radius 2 is 1.61 bits per heavy atom. The molecule has 0 radical (unpaired) electrons. The number of hydrogen-bond acceptors (Lipinski definition) is 3. The van der Waals surface area contributed by atoms with Crippen molar-refractivity contribution in [1.82, 2.24) is 10.3 Å². The average molecular weight is 373 g/mol. The number of nitrogens with one attached hydrogen (secondary N) is 2. The number of benzene rings is 2. The number of pyridine rings is 1. The normalized spacial score (nSPS) is 10.4. The minimum absolute atomic E-state index is 0.269. The average Bonchev–Trinajstić information content (AvgIpc) is 2.69. The first-order chi connectivity index (χ1) is 13.4. The van der Waals surface area contributed by atoms with Crippen molar-refractivity contribution in [3.05, 3.63) is 94.3 Å². The van der Waals surface area contributed by atoms with Gasteiger partial charge < -0.3 is 10.6 Å². The van der Waals surface area contributed by atoms with E-state index in [1.165, 1.54) is 12.4 Å². The van der Waals surface area contributed by atoms with E-state index in [0.717, 1.165) is 22.3 Å². The molecule has 0 saturated heterocycles. The number of carbonyl (C=O) groups is 2. The molecule has 0 saturated carbocycles. The van der Waals surface area contributed by atoms with Crippen LogP contribution in [0.5, 0.6) is 0 Å². The molecular formula is C23H23N3O2. The van der Waals surface area contributed by atoms with Gasteiger partial charge in [0.15, 0.2) is 0 Å². The molecule has 3 aromatic rings. The summed E-state index contributed by atoms with van der Waals surface area (Å²) in [4.78, 5) is 29.0. The van der Waals surface area contributed by atoms with Gasteiger partial charge in [0.05, 0.1) is 11.1 Å². The quantitative estimate of drug-likeness (QED) is 0.704. The zero-order chi connectivity index (χ0) is 20.1. The highest BCUT2D eigenvalue weighted by atomic mass is 16.2. The van der Waals surface area contributed by atoms with Crippen LogP contribution in [0.4, 0.5) is 5.69 Å². The first kappa shape index (κ1) is 19.3. The van der Waals surface area contributed by atoms with Gasteiger partial charge in [-0.25, -0.2) is 0 Å². The van der Waals surface area contributed by atoms with Crippen LogP contribution in [0.2, 0.25) is 0 Å². The summed E-state index contributed by atoms with van der Waals surface area (Å²) < 4.78 is 0. The zero-order valence-corrected chi connectivity index (χ0v) is 16.2. The number of aryl methyl sites for hydroxylation is 3.